The van der Waals surface area contributed by atoms with Gasteiger partial charge in [-0.1, -0.05) is 19.9 Å². The number of hydrogen-bond donors (Lipinski definition) is 1. The summed E-state index contributed by atoms with van der Waals surface area (Å²) in [5.74, 6) is -0.412. The summed E-state index contributed by atoms with van der Waals surface area (Å²) in [7, 11) is 1.34. The van der Waals surface area contributed by atoms with E-state index in [1.807, 2.05) is 32.9 Å². The molecule has 4 nitrogen and oxygen atoms in total. The van der Waals surface area contributed by atoms with E-state index in [9.17, 15) is 4.79 Å². The van der Waals surface area contributed by atoms with Gasteiger partial charge in [0.15, 0.2) is 0 Å². The zero-order chi connectivity index (χ0) is 12.3. The third kappa shape index (κ3) is 2.39. The molecule has 1 rings (SSSR count). The number of carbonyl (C=O) groups excluding carboxylic acids is 1. The second kappa shape index (κ2) is 4.61. The number of pyridine rings is 1. The van der Waals surface area contributed by atoms with E-state index in [0.717, 1.165) is 11.3 Å². The maximum absolute atomic E-state index is 11.4. The summed E-state index contributed by atoms with van der Waals surface area (Å²) in [6.07, 6.45) is 1.75. The molecular formula is C12H18N2O2. The maximum atomic E-state index is 11.4. The SMILES string of the molecule is COC(=O)C(N)C(C)(C)c1ccc(C)nc1. The number of rotatable bonds is 3. The molecule has 88 valence electrons. The Bertz CT molecular complexity index is 371. The fraction of sp³-hybridized carbons (Fsp3) is 0.500. The lowest BCUT2D eigenvalue weighted by atomic mass is 9.79. The van der Waals surface area contributed by atoms with E-state index in [0.29, 0.717) is 0 Å². The molecule has 0 saturated heterocycles. The van der Waals surface area contributed by atoms with Gasteiger partial charge in [0.2, 0.25) is 0 Å². The first-order valence-corrected chi connectivity index (χ1v) is 5.16. The summed E-state index contributed by atoms with van der Waals surface area (Å²) in [6, 6.07) is 3.15. The fourth-order valence-electron chi connectivity index (χ4n) is 1.45. The summed E-state index contributed by atoms with van der Waals surface area (Å²) >= 11 is 0. The Kier molecular flexibility index (Phi) is 3.65. The third-order valence-corrected chi connectivity index (χ3v) is 2.89. The van der Waals surface area contributed by atoms with Gasteiger partial charge in [0, 0.05) is 17.3 Å². The molecule has 0 radical (unpaired) electrons. The van der Waals surface area contributed by atoms with Gasteiger partial charge in [-0.3, -0.25) is 9.78 Å². The lowest BCUT2D eigenvalue weighted by Crippen LogP contribution is -2.47. The minimum Gasteiger partial charge on any atom is -0.468 e. The maximum Gasteiger partial charge on any atom is 0.323 e. The molecule has 0 aromatic carbocycles. The number of aromatic nitrogens is 1. The Morgan fingerprint density at radius 1 is 1.50 bits per heavy atom. The monoisotopic (exact) mass is 222 g/mol. The van der Waals surface area contributed by atoms with Crippen molar-refractivity contribution in [1.82, 2.24) is 4.98 Å². The van der Waals surface area contributed by atoms with E-state index in [1.54, 1.807) is 6.20 Å². The largest absolute Gasteiger partial charge is 0.468 e. The summed E-state index contributed by atoms with van der Waals surface area (Å²) in [5.41, 5.74) is 7.24. The van der Waals surface area contributed by atoms with E-state index >= 15 is 0 Å². The molecular weight excluding hydrogens is 204 g/mol. The average Bonchev–Trinajstić information content (AvgIpc) is 2.27. The van der Waals surface area contributed by atoms with Crippen molar-refractivity contribution in [3.8, 4) is 0 Å². The summed E-state index contributed by atoms with van der Waals surface area (Å²) in [5, 5.41) is 0. The van der Waals surface area contributed by atoms with Crippen molar-refractivity contribution in [1.29, 1.82) is 0 Å². The number of hydrogen-bond acceptors (Lipinski definition) is 4. The second-order valence-electron chi connectivity index (χ2n) is 4.41. The number of esters is 1. The van der Waals surface area contributed by atoms with Gasteiger partial charge in [-0.25, -0.2) is 0 Å². The topological polar surface area (TPSA) is 65.2 Å². The van der Waals surface area contributed by atoms with E-state index < -0.39 is 17.4 Å². The summed E-state index contributed by atoms with van der Waals surface area (Å²) in [4.78, 5) is 15.6. The number of methoxy groups -OCH3 is 1. The highest BCUT2D eigenvalue weighted by atomic mass is 16.5. The minimum absolute atomic E-state index is 0.412. The molecule has 4 heteroatoms. The average molecular weight is 222 g/mol. The molecule has 0 aliphatic rings. The molecule has 0 amide bonds. The normalized spacial score (nSPS) is 13.3. The number of carbonyl (C=O) groups is 1. The minimum atomic E-state index is -0.693. The van der Waals surface area contributed by atoms with E-state index in [1.165, 1.54) is 7.11 Å². The first-order chi connectivity index (χ1) is 7.39. The van der Waals surface area contributed by atoms with E-state index in [2.05, 4.69) is 9.72 Å². The molecule has 0 aliphatic carbocycles. The number of aryl methyl sites for hydroxylation is 1. The molecule has 0 saturated carbocycles. The van der Waals surface area contributed by atoms with Gasteiger partial charge in [-0.05, 0) is 18.6 Å². The smallest absolute Gasteiger partial charge is 0.323 e. The van der Waals surface area contributed by atoms with Crippen molar-refractivity contribution < 1.29 is 9.53 Å². The van der Waals surface area contributed by atoms with Crippen LogP contribution >= 0.6 is 0 Å². The van der Waals surface area contributed by atoms with Crippen LogP contribution in [0.15, 0.2) is 18.3 Å². The Morgan fingerprint density at radius 3 is 2.56 bits per heavy atom. The van der Waals surface area contributed by atoms with Crippen molar-refractivity contribution in [2.45, 2.75) is 32.2 Å². The van der Waals surface area contributed by atoms with Gasteiger partial charge in [0.05, 0.1) is 7.11 Å². The number of nitrogens with zero attached hydrogens (tertiary/aromatic N) is 1. The lowest BCUT2D eigenvalue weighted by molar-refractivity contribution is -0.143. The van der Waals surface area contributed by atoms with Crippen LogP contribution in [0, 0.1) is 6.92 Å². The Hall–Kier alpha value is -1.42. The van der Waals surface area contributed by atoms with Crippen molar-refractivity contribution in [3.63, 3.8) is 0 Å². The molecule has 0 aliphatic heterocycles. The van der Waals surface area contributed by atoms with Gasteiger partial charge in [-0.2, -0.15) is 0 Å². The fourth-order valence-corrected chi connectivity index (χ4v) is 1.45. The van der Waals surface area contributed by atoms with Crippen LogP contribution in [0.3, 0.4) is 0 Å². The van der Waals surface area contributed by atoms with Crippen molar-refractivity contribution in [2.75, 3.05) is 7.11 Å². The number of nitrogens with two attached hydrogens (primary N) is 1. The van der Waals surface area contributed by atoms with E-state index in [4.69, 9.17) is 5.73 Å². The zero-order valence-corrected chi connectivity index (χ0v) is 10.2. The molecule has 1 atom stereocenters. The van der Waals surface area contributed by atoms with Crippen LogP contribution in [0.2, 0.25) is 0 Å². The highest BCUT2D eigenvalue weighted by molar-refractivity contribution is 5.77. The van der Waals surface area contributed by atoms with Gasteiger partial charge >= 0.3 is 5.97 Å². The van der Waals surface area contributed by atoms with Crippen LogP contribution in [0.25, 0.3) is 0 Å². The van der Waals surface area contributed by atoms with Gasteiger partial charge in [-0.15, -0.1) is 0 Å². The van der Waals surface area contributed by atoms with Gasteiger partial charge < -0.3 is 10.5 Å². The second-order valence-corrected chi connectivity index (χ2v) is 4.41. The molecule has 1 heterocycles. The van der Waals surface area contributed by atoms with Crippen LogP contribution in [-0.4, -0.2) is 24.1 Å². The quantitative estimate of drug-likeness (QED) is 0.780. The summed E-state index contributed by atoms with van der Waals surface area (Å²) in [6.45, 7) is 5.72. The van der Waals surface area contributed by atoms with E-state index in [-0.39, 0.29) is 0 Å². The van der Waals surface area contributed by atoms with Crippen LogP contribution in [0.5, 0.6) is 0 Å². The summed E-state index contributed by atoms with van der Waals surface area (Å²) < 4.78 is 4.66. The van der Waals surface area contributed by atoms with Crippen LogP contribution in [0.1, 0.15) is 25.1 Å². The van der Waals surface area contributed by atoms with Crippen molar-refractivity contribution >= 4 is 5.97 Å². The van der Waals surface area contributed by atoms with Crippen molar-refractivity contribution in [3.05, 3.63) is 29.6 Å². The highest BCUT2D eigenvalue weighted by Crippen LogP contribution is 2.26. The first-order valence-electron chi connectivity index (χ1n) is 5.16. The molecule has 16 heavy (non-hydrogen) atoms. The van der Waals surface area contributed by atoms with Crippen molar-refractivity contribution in [2.24, 2.45) is 5.73 Å². The van der Waals surface area contributed by atoms with Crippen LogP contribution in [0.4, 0.5) is 0 Å². The molecule has 0 spiro atoms. The predicted octanol–water partition coefficient (Wildman–Crippen LogP) is 1.17. The Balaban J connectivity index is 3.01. The predicted molar refractivity (Wildman–Crippen MR) is 62.0 cm³/mol. The van der Waals surface area contributed by atoms with Crippen LogP contribution in [-0.2, 0) is 14.9 Å². The first kappa shape index (κ1) is 12.6. The molecule has 0 bridgehead atoms. The van der Waals surface area contributed by atoms with Gasteiger partial charge in [0.25, 0.3) is 0 Å². The molecule has 1 aromatic heterocycles. The van der Waals surface area contributed by atoms with Gasteiger partial charge in [0.1, 0.15) is 6.04 Å². The van der Waals surface area contributed by atoms with Crippen LogP contribution < -0.4 is 5.73 Å². The Morgan fingerprint density at radius 2 is 2.12 bits per heavy atom. The number of ether oxygens (including phenoxy) is 1. The Labute approximate surface area is 95.8 Å². The molecule has 0 fully saturated rings. The molecule has 2 N–H and O–H groups in total. The third-order valence-electron chi connectivity index (χ3n) is 2.89. The molecule has 1 aromatic rings. The standard InChI is InChI=1S/C12H18N2O2/c1-8-5-6-9(7-14-8)12(2,3)10(13)11(15)16-4/h5-7,10H,13H2,1-4H3. The highest BCUT2D eigenvalue weighted by Gasteiger charge is 2.34. The molecule has 1 unspecified atom stereocenters. The zero-order valence-electron chi connectivity index (χ0n) is 10.2. The lowest BCUT2D eigenvalue weighted by Gasteiger charge is -2.29.